The Kier molecular flexibility index (Phi) is 6.61. The first kappa shape index (κ1) is 23.9. The van der Waals surface area contributed by atoms with E-state index < -0.39 is 10.0 Å². The molecule has 1 aromatic heterocycles. The van der Waals surface area contributed by atoms with Crippen molar-refractivity contribution in [1.29, 1.82) is 0 Å². The Hall–Kier alpha value is -2.81. The Labute approximate surface area is 211 Å². The predicted molar refractivity (Wildman–Crippen MR) is 139 cm³/mol. The van der Waals surface area contributed by atoms with Crippen LogP contribution in [-0.2, 0) is 10.0 Å². The van der Waals surface area contributed by atoms with Crippen molar-refractivity contribution in [2.24, 2.45) is 0 Å². The number of halogens is 1. The fourth-order valence-electron chi connectivity index (χ4n) is 4.74. The maximum absolute atomic E-state index is 13.8. The van der Waals surface area contributed by atoms with E-state index in [1.807, 2.05) is 44.2 Å². The lowest BCUT2D eigenvalue weighted by Crippen LogP contribution is -2.49. The molecule has 7 nitrogen and oxygen atoms in total. The number of pyridine rings is 1. The van der Waals surface area contributed by atoms with Gasteiger partial charge in [0.05, 0.1) is 18.3 Å². The number of piperazine rings is 1. The van der Waals surface area contributed by atoms with Crippen LogP contribution in [0.5, 0.6) is 5.75 Å². The van der Waals surface area contributed by atoms with Gasteiger partial charge in [0.25, 0.3) is 0 Å². The van der Waals surface area contributed by atoms with Gasteiger partial charge in [0.1, 0.15) is 16.5 Å². The van der Waals surface area contributed by atoms with Crippen molar-refractivity contribution in [3.8, 4) is 5.75 Å². The molecule has 0 unspecified atom stereocenters. The minimum absolute atomic E-state index is 0.0574. The number of anilines is 2. The van der Waals surface area contributed by atoms with Gasteiger partial charge >= 0.3 is 0 Å². The van der Waals surface area contributed by atoms with Crippen molar-refractivity contribution >= 4 is 33.1 Å². The molecule has 3 aromatic rings. The largest absolute Gasteiger partial charge is 0.493 e. The van der Waals surface area contributed by atoms with Crippen molar-refractivity contribution < 1.29 is 13.2 Å². The third-order valence-electron chi connectivity index (χ3n) is 6.63. The summed E-state index contributed by atoms with van der Waals surface area (Å²) in [5.74, 6) is 1.75. The Morgan fingerprint density at radius 3 is 2.63 bits per heavy atom. The number of hydrogen-bond donors (Lipinski definition) is 1. The smallest absolute Gasteiger partial charge is 0.245 e. The summed E-state index contributed by atoms with van der Waals surface area (Å²) in [6.45, 7) is 6.52. The van der Waals surface area contributed by atoms with Gasteiger partial charge in [-0.05, 0) is 55.3 Å². The molecule has 0 bridgehead atoms. The van der Waals surface area contributed by atoms with Gasteiger partial charge in [0, 0.05) is 49.4 Å². The highest BCUT2D eigenvalue weighted by Gasteiger charge is 2.32. The van der Waals surface area contributed by atoms with E-state index in [0.29, 0.717) is 43.5 Å². The molecular weight excluding hydrogens is 484 g/mol. The molecule has 1 saturated heterocycles. The number of para-hydroxylation sites is 1. The molecule has 5 rings (SSSR count). The number of aromatic nitrogens is 1. The van der Waals surface area contributed by atoms with Gasteiger partial charge < -0.3 is 15.0 Å². The second-order valence-electron chi connectivity index (χ2n) is 9.05. The zero-order valence-electron chi connectivity index (χ0n) is 19.9. The Balaban J connectivity index is 1.39. The second-order valence-corrected chi connectivity index (χ2v) is 11.4. The van der Waals surface area contributed by atoms with Crippen LogP contribution in [-0.4, -0.2) is 50.5 Å². The van der Waals surface area contributed by atoms with Crippen LogP contribution in [0.3, 0.4) is 0 Å². The van der Waals surface area contributed by atoms with Crippen LogP contribution in [0.2, 0.25) is 5.02 Å². The van der Waals surface area contributed by atoms with E-state index in [9.17, 15) is 8.42 Å². The van der Waals surface area contributed by atoms with Crippen molar-refractivity contribution in [3.05, 3.63) is 76.4 Å². The lowest BCUT2D eigenvalue weighted by atomic mass is 9.98. The summed E-state index contributed by atoms with van der Waals surface area (Å²) in [4.78, 5) is 6.77. The minimum Gasteiger partial charge on any atom is -0.493 e. The molecule has 0 spiro atoms. The number of nitrogens with one attached hydrogen (secondary N) is 1. The van der Waals surface area contributed by atoms with Crippen LogP contribution in [0.25, 0.3) is 0 Å². The maximum atomic E-state index is 13.8. The highest BCUT2D eigenvalue weighted by Crippen LogP contribution is 2.38. The fraction of sp³-hybridized carbons (Fsp3) is 0.346. The lowest BCUT2D eigenvalue weighted by molar-refractivity contribution is 0.272. The van der Waals surface area contributed by atoms with Gasteiger partial charge in [-0.3, -0.25) is 0 Å². The maximum Gasteiger partial charge on any atom is 0.245 e. The topological polar surface area (TPSA) is 74.8 Å². The zero-order chi connectivity index (χ0) is 24.6. The molecule has 9 heteroatoms. The molecule has 1 fully saturated rings. The minimum atomic E-state index is -3.76. The summed E-state index contributed by atoms with van der Waals surface area (Å²) in [6, 6.07) is 15.0. The standard InChI is InChI=1S/C26H29ClN4O3S/c1-18-8-10-28-25(16-18)30-11-13-31(14-12-30)35(32,33)24-17-20(27)6-7-23(24)29-22-9-15-34-26-19(2)4-3-5-21(22)26/h3-8,10,16-17,22,29H,9,11-15H2,1-2H3/t22-/m0/s1. The van der Waals surface area contributed by atoms with Crippen molar-refractivity contribution in [1.82, 2.24) is 9.29 Å². The van der Waals surface area contributed by atoms with E-state index in [2.05, 4.69) is 15.2 Å². The predicted octanol–water partition coefficient (Wildman–Crippen LogP) is 4.80. The average molecular weight is 513 g/mol. The van der Waals surface area contributed by atoms with Crippen molar-refractivity contribution in [2.75, 3.05) is 43.0 Å². The number of ether oxygens (including phenoxy) is 1. The molecule has 35 heavy (non-hydrogen) atoms. The van der Waals surface area contributed by atoms with E-state index in [-0.39, 0.29) is 10.9 Å². The Bertz CT molecular complexity index is 1340. The van der Waals surface area contributed by atoms with Crippen molar-refractivity contribution in [2.45, 2.75) is 31.2 Å². The van der Waals surface area contributed by atoms with Crippen LogP contribution in [0, 0.1) is 13.8 Å². The number of rotatable bonds is 5. The number of benzene rings is 2. The summed E-state index contributed by atoms with van der Waals surface area (Å²) >= 11 is 6.28. The lowest BCUT2D eigenvalue weighted by Gasteiger charge is -2.35. The summed E-state index contributed by atoms with van der Waals surface area (Å²) in [5, 5.41) is 3.87. The van der Waals surface area contributed by atoms with E-state index in [1.165, 1.54) is 4.31 Å². The van der Waals surface area contributed by atoms with Crippen LogP contribution >= 0.6 is 11.6 Å². The van der Waals surface area contributed by atoms with E-state index in [4.69, 9.17) is 16.3 Å². The molecule has 2 aliphatic rings. The normalized spacial score (nSPS) is 18.6. The summed E-state index contributed by atoms with van der Waals surface area (Å²) in [7, 11) is -3.76. The number of hydrogen-bond acceptors (Lipinski definition) is 6. The summed E-state index contributed by atoms with van der Waals surface area (Å²) in [6.07, 6.45) is 2.52. The highest BCUT2D eigenvalue weighted by molar-refractivity contribution is 7.89. The van der Waals surface area contributed by atoms with Gasteiger partial charge in [-0.1, -0.05) is 29.8 Å². The van der Waals surface area contributed by atoms with E-state index in [1.54, 1.807) is 24.4 Å². The summed E-state index contributed by atoms with van der Waals surface area (Å²) < 4.78 is 35.0. The molecule has 0 amide bonds. The number of fused-ring (bicyclic) bond motifs is 1. The third kappa shape index (κ3) is 4.83. The highest BCUT2D eigenvalue weighted by atomic mass is 35.5. The molecule has 0 saturated carbocycles. The second kappa shape index (κ2) is 9.68. The molecule has 0 aliphatic carbocycles. The van der Waals surface area contributed by atoms with Gasteiger partial charge in [0.2, 0.25) is 10.0 Å². The van der Waals surface area contributed by atoms with Gasteiger partial charge in [-0.15, -0.1) is 0 Å². The first-order chi connectivity index (χ1) is 16.8. The van der Waals surface area contributed by atoms with Crippen LogP contribution in [0.1, 0.15) is 29.2 Å². The molecule has 1 N–H and O–H groups in total. The molecule has 2 aliphatic heterocycles. The number of sulfonamides is 1. The SMILES string of the molecule is Cc1ccnc(N2CCN(S(=O)(=O)c3cc(Cl)ccc3N[C@H]3CCOc4c(C)cccc43)CC2)c1. The quantitative estimate of drug-likeness (QED) is 0.529. The Morgan fingerprint density at radius 1 is 1.06 bits per heavy atom. The molecule has 184 valence electrons. The monoisotopic (exact) mass is 512 g/mol. The van der Waals surface area contributed by atoms with E-state index >= 15 is 0 Å². The third-order valence-corrected chi connectivity index (χ3v) is 8.80. The Morgan fingerprint density at radius 2 is 1.86 bits per heavy atom. The average Bonchev–Trinajstić information content (AvgIpc) is 2.86. The van der Waals surface area contributed by atoms with Crippen molar-refractivity contribution in [3.63, 3.8) is 0 Å². The number of aryl methyl sites for hydroxylation is 2. The molecule has 0 radical (unpaired) electrons. The fourth-order valence-corrected chi connectivity index (χ4v) is 6.58. The molecular formula is C26H29ClN4O3S. The summed E-state index contributed by atoms with van der Waals surface area (Å²) in [5.41, 5.74) is 3.79. The molecule has 1 atom stereocenters. The van der Waals surface area contributed by atoms with Crippen LogP contribution in [0.15, 0.2) is 59.6 Å². The first-order valence-corrected chi connectivity index (χ1v) is 13.6. The van der Waals surface area contributed by atoms with Gasteiger partial charge in [-0.2, -0.15) is 4.31 Å². The van der Waals surface area contributed by atoms with E-state index in [0.717, 1.165) is 34.7 Å². The van der Waals surface area contributed by atoms with Gasteiger partial charge in [0.15, 0.2) is 0 Å². The zero-order valence-corrected chi connectivity index (χ0v) is 21.4. The van der Waals surface area contributed by atoms with Gasteiger partial charge in [-0.25, -0.2) is 13.4 Å². The van der Waals surface area contributed by atoms with Crippen LogP contribution < -0.4 is 15.0 Å². The first-order valence-electron chi connectivity index (χ1n) is 11.8. The van der Waals surface area contributed by atoms with Crippen LogP contribution in [0.4, 0.5) is 11.5 Å². The molecule has 2 aromatic carbocycles. The molecule has 3 heterocycles. The number of nitrogens with zero attached hydrogens (tertiary/aromatic N) is 3.